The summed E-state index contributed by atoms with van der Waals surface area (Å²) in [5.74, 6) is 0. The Morgan fingerprint density at radius 3 is 1.44 bits per heavy atom. The standard InChI is InChI=1S/C16H36N.BrH/c1-5-7-9-10-11-12-13-14-16-17(3,4)15-8-6-2;/h5-16H2,1-4H3;1H/q+1;/p-1. The third kappa shape index (κ3) is 14.5. The molecule has 0 rings (SSSR count). The highest BCUT2D eigenvalue weighted by atomic mass is 79.9. The number of hydrogen-bond acceptors (Lipinski definition) is 0. The fourth-order valence-electron chi connectivity index (χ4n) is 2.37. The third-order valence-corrected chi connectivity index (χ3v) is 3.73. The molecule has 0 aromatic rings. The van der Waals surface area contributed by atoms with Gasteiger partial charge in [-0.05, 0) is 19.3 Å². The van der Waals surface area contributed by atoms with Crippen LogP contribution in [0.2, 0.25) is 0 Å². The van der Waals surface area contributed by atoms with E-state index in [0.717, 1.165) is 0 Å². The second-order valence-electron chi connectivity index (χ2n) is 6.21. The van der Waals surface area contributed by atoms with Crippen molar-refractivity contribution in [2.24, 2.45) is 0 Å². The SMILES string of the molecule is CCCCCCCCCC[N+](C)(C)CCCC.[Br-]. The highest BCUT2D eigenvalue weighted by Gasteiger charge is 2.12. The average molecular weight is 322 g/mol. The molecule has 0 saturated carbocycles. The summed E-state index contributed by atoms with van der Waals surface area (Å²) in [7, 11) is 4.77. The van der Waals surface area contributed by atoms with Crippen molar-refractivity contribution in [3.05, 3.63) is 0 Å². The Hall–Kier alpha value is 0.440. The summed E-state index contributed by atoms with van der Waals surface area (Å²) < 4.78 is 1.23. The molecule has 1 nitrogen and oxygen atoms in total. The van der Waals surface area contributed by atoms with Crippen LogP contribution in [0.25, 0.3) is 0 Å². The maximum absolute atomic E-state index is 2.39. The maximum Gasteiger partial charge on any atom is 0.0782 e. The summed E-state index contributed by atoms with van der Waals surface area (Å²) in [6, 6.07) is 0. The lowest BCUT2D eigenvalue weighted by atomic mass is 10.1. The van der Waals surface area contributed by atoms with Crippen molar-refractivity contribution < 1.29 is 21.5 Å². The van der Waals surface area contributed by atoms with E-state index < -0.39 is 0 Å². The van der Waals surface area contributed by atoms with E-state index in [9.17, 15) is 0 Å². The monoisotopic (exact) mass is 321 g/mol. The predicted molar refractivity (Wildman–Crippen MR) is 79.4 cm³/mol. The first kappa shape index (κ1) is 20.8. The van der Waals surface area contributed by atoms with Crippen molar-refractivity contribution >= 4 is 0 Å². The van der Waals surface area contributed by atoms with Gasteiger partial charge in [-0.3, -0.25) is 0 Å². The van der Waals surface area contributed by atoms with Gasteiger partial charge in [-0.25, -0.2) is 0 Å². The van der Waals surface area contributed by atoms with Crippen LogP contribution in [0.1, 0.15) is 78.1 Å². The fraction of sp³-hybridized carbons (Fsp3) is 1.00. The quantitative estimate of drug-likeness (QED) is 0.381. The summed E-state index contributed by atoms with van der Waals surface area (Å²) in [5, 5.41) is 0. The van der Waals surface area contributed by atoms with Crippen LogP contribution in [0.4, 0.5) is 0 Å². The van der Waals surface area contributed by atoms with Crippen LogP contribution in [0.5, 0.6) is 0 Å². The average Bonchev–Trinajstić information content (AvgIpc) is 2.30. The predicted octanol–water partition coefficient (Wildman–Crippen LogP) is 2.01. The number of quaternary nitrogens is 1. The molecule has 0 heterocycles. The van der Waals surface area contributed by atoms with Crippen molar-refractivity contribution in [2.75, 3.05) is 27.2 Å². The van der Waals surface area contributed by atoms with Crippen molar-refractivity contribution in [2.45, 2.75) is 78.1 Å². The van der Waals surface area contributed by atoms with Crippen LogP contribution >= 0.6 is 0 Å². The lowest BCUT2D eigenvalue weighted by Gasteiger charge is -2.29. The van der Waals surface area contributed by atoms with E-state index in [0.29, 0.717) is 0 Å². The molecule has 0 bridgehead atoms. The van der Waals surface area contributed by atoms with Crippen molar-refractivity contribution in [3.63, 3.8) is 0 Å². The summed E-state index contributed by atoms with van der Waals surface area (Å²) >= 11 is 0. The lowest BCUT2D eigenvalue weighted by Crippen LogP contribution is -3.00. The van der Waals surface area contributed by atoms with Crippen LogP contribution in [0.3, 0.4) is 0 Å². The van der Waals surface area contributed by atoms with E-state index in [1.807, 2.05) is 0 Å². The Morgan fingerprint density at radius 2 is 0.944 bits per heavy atom. The number of unbranched alkanes of at least 4 members (excludes halogenated alkanes) is 8. The molecule has 2 heteroatoms. The topological polar surface area (TPSA) is 0 Å². The van der Waals surface area contributed by atoms with Crippen LogP contribution < -0.4 is 17.0 Å². The smallest absolute Gasteiger partial charge is 0.0782 e. The van der Waals surface area contributed by atoms with Crippen LogP contribution in [0.15, 0.2) is 0 Å². The highest BCUT2D eigenvalue weighted by molar-refractivity contribution is 4.46. The molecule has 0 N–H and O–H groups in total. The Balaban J connectivity index is 0. The molecule has 0 aromatic carbocycles. The molecule has 0 saturated heterocycles. The summed E-state index contributed by atoms with van der Waals surface area (Å²) in [5.41, 5.74) is 0. The van der Waals surface area contributed by atoms with Gasteiger partial charge in [0.15, 0.2) is 0 Å². The second kappa shape index (κ2) is 13.9. The Morgan fingerprint density at radius 1 is 0.556 bits per heavy atom. The van der Waals surface area contributed by atoms with Crippen LogP contribution in [-0.4, -0.2) is 31.7 Å². The summed E-state index contributed by atoms with van der Waals surface area (Å²) in [4.78, 5) is 0. The first-order valence-corrected chi connectivity index (χ1v) is 7.94. The van der Waals surface area contributed by atoms with Gasteiger partial charge < -0.3 is 21.5 Å². The normalized spacial score (nSPS) is 11.3. The molecule has 0 atom stereocenters. The molecular weight excluding hydrogens is 286 g/mol. The van der Waals surface area contributed by atoms with Gasteiger partial charge in [0.2, 0.25) is 0 Å². The molecule has 0 amide bonds. The molecule has 0 fully saturated rings. The second-order valence-corrected chi connectivity index (χ2v) is 6.21. The van der Waals surface area contributed by atoms with Gasteiger partial charge in [-0.1, -0.05) is 58.8 Å². The Kier molecular flexibility index (Phi) is 16.0. The van der Waals surface area contributed by atoms with Gasteiger partial charge in [0.25, 0.3) is 0 Å². The van der Waals surface area contributed by atoms with Gasteiger partial charge in [-0.2, -0.15) is 0 Å². The molecule has 0 aliphatic rings. The Labute approximate surface area is 127 Å². The van der Waals surface area contributed by atoms with Crippen LogP contribution in [0, 0.1) is 0 Å². The fourth-order valence-corrected chi connectivity index (χ4v) is 2.37. The van der Waals surface area contributed by atoms with E-state index in [-0.39, 0.29) is 17.0 Å². The molecular formula is C16H36BrN. The molecule has 0 aromatic heterocycles. The minimum absolute atomic E-state index is 0. The molecule has 112 valence electrons. The van der Waals surface area contributed by atoms with Gasteiger partial charge in [-0.15, -0.1) is 0 Å². The van der Waals surface area contributed by atoms with Crippen molar-refractivity contribution in [1.82, 2.24) is 0 Å². The molecule has 0 aliphatic heterocycles. The highest BCUT2D eigenvalue weighted by Crippen LogP contribution is 2.10. The molecule has 18 heavy (non-hydrogen) atoms. The van der Waals surface area contributed by atoms with Crippen LogP contribution in [-0.2, 0) is 0 Å². The third-order valence-electron chi connectivity index (χ3n) is 3.73. The van der Waals surface area contributed by atoms with E-state index in [1.54, 1.807) is 0 Å². The van der Waals surface area contributed by atoms with Crippen molar-refractivity contribution in [3.8, 4) is 0 Å². The number of nitrogens with zero attached hydrogens (tertiary/aromatic N) is 1. The first-order chi connectivity index (χ1) is 8.12. The van der Waals surface area contributed by atoms with E-state index >= 15 is 0 Å². The maximum atomic E-state index is 2.39. The van der Waals surface area contributed by atoms with E-state index in [4.69, 9.17) is 0 Å². The van der Waals surface area contributed by atoms with Gasteiger partial charge >= 0.3 is 0 Å². The largest absolute Gasteiger partial charge is 1.00 e. The van der Waals surface area contributed by atoms with Gasteiger partial charge in [0, 0.05) is 0 Å². The number of halogens is 1. The number of hydrogen-bond donors (Lipinski definition) is 0. The van der Waals surface area contributed by atoms with Crippen molar-refractivity contribution in [1.29, 1.82) is 0 Å². The zero-order valence-corrected chi connectivity index (χ0v) is 14.9. The molecule has 0 unspecified atom stereocenters. The first-order valence-electron chi connectivity index (χ1n) is 7.94. The molecule has 0 spiro atoms. The molecule has 0 radical (unpaired) electrons. The van der Waals surface area contributed by atoms with Gasteiger partial charge in [0.1, 0.15) is 0 Å². The Bertz CT molecular complexity index is 157. The van der Waals surface area contributed by atoms with E-state index in [1.165, 1.54) is 81.8 Å². The minimum atomic E-state index is 0. The zero-order chi connectivity index (χ0) is 13.0. The minimum Gasteiger partial charge on any atom is -1.00 e. The van der Waals surface area contributed by atoms with E-state index in [2.05, 4.69) is 27.9 Å². The lowest BCUT2D eigenvalue weighted by molar-refractivity contribution is -0.890. The zero-order valence-electron chi connectivity index (χ0n) is 13.3. The number of rotatable bonds is 12. The molecule has 0 aliphatic carbocycles. The summed E-state index contributed by atoms with van der Waals surface area (Å²) in [6.07, 6.45) is 14.2. The summed E-state index contributed by atoms with van der Waals surface area (Å²) in [6.45, 7) is 7.30. The van der Waals surface area contributed by atoms with Gasteiger partial charge in [0.05, 0.1) is 27.2 Å².